The number of carbonyl (C=O) groups excluding carboxylic acids is 1. The average molecular weight is 310 g/mol. The Bertz CT molecular complexity index is 393. The van der Waals surface area contributed by atoms with Crippen molar-refractivity contribution in [2.75, 3.05) is 13.1 Å². The summed E-state index contributed by atoms with van der Waals surface area (Å²) in [6.45, 7) is 2.79. The molecule has 1 saturated heterocycles. The number of halogens is 3. The number of likely N-dealkylation sites (tertiary alicyclic amines) is 1. The minimum atomic E-state index is -4.99. The minimum absolute atomic E-state index is 0.492. The van der Waals surface area contributed by atoms with Crippen LogP contribution < -0.4 is 5.32 Å². The molecule has 1 aliphatic heterocycles. The largest absolute Gasteiger partial charge is 0.480 e. The summed E-state index contributed by atoms with van der Waals surface area (Å²) in [4.78, 5) is 24.6. The molecule has 122 valence electrons. The van der Waals surface area contributed by atoms with Gasteiger partial charge in [0.15, 0.2) is 0 Å². The molecule has 2 N–H and O–H groups in total. The zero-order valence-electron chi connectivity index (χ0n) is 12.2. The molecule has 0 spiro atoms. The number of rotatable bonds is 4. The fourth-order valence-corrected chi connectivity index (χ4v) is 2.32. The van der Waals surface area contributed by atoms with Crippen LogP contribution >= 0.6 is 0 Å². The van der Waals surface area contributed by atoms with Crippen LogP contribution in [0, 0.1) is 0 Å². The number of carboxylic acids is 1. The third kappa shape index (κ3) is 4.09. The summed E-state index contributed by atoms with van der Waals surface area (Å²) >= 11 is 0. The van der Waals surface area contributed by atoms with Crippen LogP contribution in [0.3, 0.4) is 0 Å². The Balaban J connectivity index is 2.79. The van der Waals surface area contributed by atoms with Gasteiger partial charge in [-0.1, -0.05) is 12.8 Å². The van der Waals surface area contributed by atoms with Crippen LogP contribution in [0.5, 0.6) is 0 Å². The Morgan fingerprint density at radius 1 is 1.14 bits per heavy atom. The van der Waals surface area contributed by atoms with Crippen LogP contribution in [-0.2, 0) is 9.59 Å². The molecule has 1 heterocycles. The first-order valence-corrected chi connectivity index (χ1v) is 6.96. The first-order valence-electron chi connectivity index (χ1n) is 6.96. The number of carbonyl (C=O) groups is 2. The van der Waals surface area contributed by atoms with Crippen LogP contribution in [0.2, 0.25) is 0 Å². The van der Waals surface area contributed by atoms with Gasteiger partial charge in [0, 0.05) is 13.1 Å². The zero-order chi connectivity index (χ0) is 16.3. The van der Waals surface area contributed by atoms with Gasteiger partial charge in [-0.25, -0.2) is 4.79 Å². The van der Waals surface area contributed by atoms with E-state index in [0.717, 1.165) is 25.7 Å². The van der Waals surface area contributed by atoms with Gasteiger partial charge in [0.1, 0.15) is 0 Å². The molecular weight excluding hydrogens is 289 g/mol. The Morgan fingerprint density at radius 3 is 2.00 bits per heavy atom. The van der Waals surface area contributed by atoms with Crippen LogP contribution in [-0.4, -0.2) is 52.7 Å². The number of hydrogen-bond donors (Lipinski definition) is 2. The average Bonchev–Trinajstić information content (AvgIpc) is 2.64. The van der Waals surface area contributed by atoms with Crippen molar-refractivity contribution in [3.8, 4) is 0 Å². The molecule has 1 amide bonds. The lowest BCUT2D eigenvalue weighted by atomic mass is 10.0. The highest BCUT2D eigenvalue weighted by atomic mass is 19.4. The van der Waals surface area contributed by atoms with Gasteiger partial charge in [-0.2, -0.15) is 13.2 Å². The van der Waals surface area contributed by atoms with Crippen LogP contribution in [0.1, 0.15) is 39.5 Å². The molecular formula is C13H21F3N2O3. The number of nitrogens with one attached hydrogen (secondary N) is 1. The standard InChI is InChI=1S/C13H21F3N2O3/c1-9(10(19)18-7-5-3-4-6-8-18)17-12(2,11(20)21)13(14,15)16/h9,17H,3-8H2,1-2H3,(H,20,21). The number of hydrogen-bond acceptors (Lipinski definition) is 3. The van der Waals surface area contributed by atoms with Gasteiger partial charge in [0.2, 0.25) is 11.4 Å². The summed E-state index contributed by atoms with van der Waals surface area (Å²) in [5.74, 6) is -2.54. The summed E-state index contributed by atoms with van der Waals surface area (Å²) in [6, 6.07) is -1.22. The van der Waals surface area contributed by atoms with Crippen molar-refractivity contribution in [2.45, 2.75) is 57.3 Å². The van der Waals surface area contributed by atoms with E-state index in [-0.39, 0.29) is 0 Å². The monoisotopic (exact) mass is 310 g/mol. The Labute approximate surface area is 121 Å². The van der Waals surface area contributed by atoms with Crippen LogP contribution in [0.4, 0.5) is 13.2 Å². The minimum Gasteiger partial charge on any atom is -0.480 e. The topological polar surface area (TPSA) is 69.6 Å². The third-order valence-corrected chi connectivity index (χ3v) is 3.79. The number of amides is 1. The quantitative estimate of drug-likeness (QED) is 0.830. The van der Waals surface area contributed by atoms with E-state index in [9.17, 15) is 22.8 Å². The Kier molecular flexibility index (Phi) is 5.61. The van der Waals surface area contributed by atoms with E-state index in [1.807, 2.05) is 5.32 Å². The van der Waals surface area contributed by atoms with Crippen molar-refractivity contribution in [1.82, 2.24) is 10.2 Å². The molecule has 1 fully saturated rings. The second-order valence-corrected chi connectivity index (χ2v) is 5.53. The number of aliphatic carboxylic acids is 1. The van der Waals surface area contributed by atoms with Crippen molar-refractivity contribution in [2.24, 2.45) is 0 Å². The molecule has 0 bridgehead atoms. The number of nitrogens with zero attached hydrogens (tertiary/aromatic N) is 1. The highest BCUT2D eigenvalue weighted by Crippen LogP contribution is 2.31. The van der Waals surface area contributed by atoms with E-state index in [0.29, 0.717) is 20.0 Å². The molecule has 2 unspecified atom stereocenters. The molecule has 0 radical (unpaired) electrons. The second-order valence-electron chi connectivity index (χ2n) is 5.53. The van der Waals surface area contributed by atoms with Crippen molar-refractivity contribution in [3.05, 3.63) is 0 Å². The maximum atomic E-state index is 12.9. The molecule has 5 nitrogen and oxygen atoms in total. The van der Waals surface area contributed by atoms with E-state index in [1.165, 1.54) is 11.8 Å². The van der Waals surface area contributed by atoms with Gasteiger partial charge in [0.25, 0.3) is 0 Å². The molecule has 0 saturated carbocycles. The number of alkyl halides is 3. The zero-order valence-corrected chi connectivity index (χ0v) is 12.2. The van der Waals surface area contributed by atoms with E-state index in [4.69, 9.17) is 5.11 Å². The first-order chi connectivity index (χ1) is 9.59. The maximum Gasteiger partial charge on any atom is 0.417 e. The maximum absolute atomic E-state index is 12.9. The van der Waals surface area contributed by atoms with Crippen LogP contribution in [0.25, 0.3) is 0 Å². The lowest BCUT2D eigenvalue weighted by Crippen LogP contribution is -2.64. The lowest BCUT2D eigenvalue weighted by molar-refractivity contribution is -0.207. The van der Waals surface area contributed by atoms with Gasteiger partial charge >= 0.3 is 12.1 Å². The Hall–Kier alpha value is -1.31. The first kappa shape index (κ1) is 17.7. The van der Waals surface area contributed by atoms with E-state index in [2.05, 4.69) is 0 Å². The summed E-state index contributed by atoms with van der Waals surface area (Å²) < 4.78 is 38.8. The normalized spacial score (nSPS) is 21.3. The van der Waals surface area contributed by atoms with Gasteiger partial charge in [-0.15, -0.1) is 0 Å². The second kappa shape index (κ2) is 6.64. The van der Waals surface area contributed by atoms with E-state index >= 15 is 0 Å². The fourth-order valence-electron chi connectivity index (χ4n) is 2.32. The van der Waals surface area contributed by atoms with Gasteiger partial charge < -0.3 is 10.0 Å². The highest BCUT2D eigenvalue weighted by molar-refractivity contribution is 5.84. The summed E-state index contributed by atoms with van der Waals surface area (Å²) in [5.41, 5.74) is -3.14. The summed E-state index contributed by atoms with van der Waals surface area (Å²) in [7, 11) is 0. The molecule has 21 heavy (non-hydrogen) atoms. The Morgan fingerprint density at radius 2 is 1.62 bits per heavy atom. The van der Waals surface area contributed by atoms with Gasteiger partial charge in [-0.3, -0.25) is 10.1 Å². The van der Waals surface area contributed by atoms with E-state index < -0.39 is 29.6 Å². The molecule has 0 aromatic heterocycles. The third-order valence-electron chi connectivity index (χ3n) is 3.79. The fraction of sp³-hybridized carbons (Fsp3) is 0.846. The van der Waals surface area contributed by atoms with Crippen molar-refractivity contribution >= 4 is 11.9 Å². The molecule has 0 aromatic carbocycles. The van der Waals surface area contributed by atoms with E-state index in [1.54, 1.807) is 0 Å². The molecule has 1 aliphatic rings. The molecule has 8 heteroatoms. The van der Waals surface area contributed by atoms with Gasteiger partial charge in [-0.05, 0) is 26.7 Å². The molecule has 1 rings (SSSR count). The smallest absolute Gasteiger partial charge is 0.417 e. The predicted molar refractivity (Wildman–Crippen MR) is 69.7 cm³/mol. The molecule has 2 atom stereocenters. The predicted octanol–water partition coefficient (Wildman–Crippen LogP) is 1.77. The van der Waals surface area contributed by atoms with Crippen LogP contribution in [0.15, 0.2) is 0 Å². The van der Waals surface area contributed by atoms with Gasteiger partial charge in [0.05, 0.1) is 6.04 Å². The van der Waals surface area contributed by atoms with Crippen molar-refractivity contribution in [1.29, 1.82) is 0 Å². The lowest BCUT2D eigenvalue weighted by Gasteiger charge is -2.33. The van der Waals surface area contributed by atoms with Crippen molar-refractivity contribution < 1.29 is 27.9 Å². The summed E-state index contributed by atoms with van der Waals surface area (Å²) in [6.07, 6.45) is -1.39. The molecule has 0 aliphatic carbocycles. The molecule has 0 aromatic rings. The SMILES string of the molecule is CC(NC(C)(C(=O)O)C(F)(F)F)C(=O)N1CCCCCC1. The number of carboxylic acid groups (broad SMARTS) is 1. The highest BCUT2D eigenvalue weighted by Gasteiger charge is 2.58. The van der Waals surface area contributed by atoms with Crippen molar-refractivity contribution in [3.63, 3.8) is 0 Å². The summed E-state index contributed by atoms with van der Waals surface area (Å²) in [5, 5.41) is 10.8.